The second-order valence-corrected chi connectivity index (χ2v) is 9.45. The molecule has 3 N–H and O–H groups in total. The van der Waals surface area contributed by atoms with Crippen LogP contribution in [0.3, 0.4) is 0 Å². The van der Waals surface area contributed by atoms with Gasteiger partial charge in [0.1, 0.15) is 0 Å². The summed E-state index contributed by atoms with van der Waals surface area (Å²) in [6.45, 7) is 4.66. The molecule has 3 nitrogen and oxygen atoms in total. The van der Waals surface area contributed by atoms with Gasteiger partial charge >= 0.3 is 0 Å². The molecule has 3 heteroatoms. The Kier molecular flexibility index (Phi) is 3.30. The minimum Gasteiger partial charge on any atom is -0.393 e. The van der Waals surface area contributed by atoms with Crippen LogP contribution in [0, 0.1) is 28.6 Å². The maximum absolute atomic E-state index is 11.3. The fraction of sp³-hybridized carbons (Fsp3) is 1.00. The molecule has 0 radical (unpaired) electrons. The molecule has 0 bridgehead atoms. The van der Waals surface area contributed by atoms with Crippen molar-refractivity contribution >= 4 is 0 Å². The van der Waals surface area contributed by atoms with E-state index in [1.807, 2.05) is 0 Å². The summed E-state index contributed by atoms with van der Waals surface area (Å²) in [5, 5.41) is 32.2. The summed E-state index contributed by atoms with van der Waals surface area (Å²) >= 11 is 0. The summed E-state index contributed by atoms with van der Waals surface area (Å²) < 4.78 is 0. The molecule has 0 aliphatic heterocycles. The predicted octanol–water partition coefficient (Wildman–Crippen LogP) is 2.87. The average molecular weight is 308 g/mol. The molecule has 0 heterocycles. The highest BCUT2D eigenvalue weighted by Gasteiger charge is 2.66. The van der Waals surface area contributed by atoms with Gasteiger partial charge in [-0.25, -0.2) is 0 Å². The van der Waals surface area contributed by atoms with Gasteiger partial charge in [0.05, 0.1) is 17.8 Å². The summed E-state index contributed by atoms with van der Waals surface area (Å²) in [5.74, 6) is 1.82. The smallest absolute Gasteiger partial charge is 0.0985 e. The standard InChI is InChI=1S/C19H32O3/c1-17-7-3-4-14(17)13-10-16(21)19(22)11-12(20)5-9-18(19,2)15(13)6-8-17/h12-16,20-22H,3-11H2,1-2H3/t12-,13+,14+,15+,16+,17+,18+,19-/m0/s1. The Hall–Kier alpha value is -0.120. The van der Waals surface area contributed by atoms with Crippen molar-refractivity contribution in [2.45, 2.75) is 89.4 Å². The lowest BCUT2D eigenvalue weighted by atomic mass is 9.43. The van der Waals surface area contributed by atoms with Crippen LogP contribution in [0.2, 0.25) is 0 Å². The first-order valence-corrected chi connectivity index (χ1v) is 9.39. The number of hydrogen-bond acceptors (Lipinski definition) is 3. The van der Waals surface area contributed by atoms with Crippen molar-refractivity contribution in [3.8, 4) is 0 Å². The van der Waals surface area contributed by atoms with Gasteiger partial charge in [0.15, 0.2) is 0 Å². The van der Waals surface area contributed by atoms with E-state index in [0.29, 0.717) is 23.7 Å². The van der Waals surface area contributed by atoms with Gasteiger partial charge in [-0.1, -0.05) is 20.3 Å². The summed E-state index contributed by atoms with van der Waals surface area (Å²) in [4.78, 5) is 0. The third-order valence-corrected chi connectivity index (χ3v) is 8.62. The van der Waals surface area contributed by atoms with Gasteiger partial charge in [0.2, 0.25) is 0 Å². The largest absolute Gasteiger partial charge is 0.393 e. The van der Waals surface area contributed by atoms with Crippen molar-refractivity contribution in [3.05, 3.63) is 0 Å². The number of hydrogen-bond donors (Lipinski definition) is 3. The Balaban J connectivity index is 1.71. The number of fused-ring (bicyclic) bond motifs is 5. The van der Waals surface area contributed by atoms with Crippen LogP contribution in [0.15, 0.2) is 0 Å². The predicted molar refractivity (Wildman–Crippen MR) is 85.2 cm³/mol. The Labute approximate surface area is 134 Å². The second kappa shape index (κ2) is 4.70. The van der Waals surface area contributed by atoms with Crippen LogP contribution in [0.1, 0.15) is 71.6 Å². The molecule has 0 saturated heterocycles. The zero-order chi connectivity index (χ0) is 15.8. The van der Waals surface area contributed by atoms with Gasteiger partial charge in [-0.2, -0.15) is 0 Å². The van der Waals surface area contributed by atoms with Gasteiger partial charge in [-0.15, -0.1) is 0 Å². The molecule has 0 aromatic rings. The van der Waals surface area contributed by atoms with Gasteiger partial charge in [0, 0.05) is 11.8 Å². The van der Waals surface area contributed by atoms with Crippen molar-refractivity contribution in [1.29, 1.82) is 0 Å². The molecule has 0 aromatic carbocycles. The molecule has 4 aliphatic carbocycles. The fourth-order valence-corrected chi connectivity index (χ4v) is 7.25. The molecule has 22 heavy (non-hydrogen) atoms. The molecule has 0 unspecified atom stereocenters. The molecule has 8 atom stereocenters. The molecule has 4 rings (SSSR count). The molecule has 4 aliphatic rings. The Morgan fingerprint density at radius 3 is 2.45 bits per heavy atom. The SMILES string of the molecule is C[C@]12CCC[C@@H]1[C@H]1C[C@@H](O)[C@@]3(O)C[C@@H](O)CC[C@]3(C)[C@@H]1CC2. The van der Waals surface area contributed by atoms with Gasteiger partial charge in [-0.05, 0) is 68.1 Å². The van der Waals surface area contributed by atoms with E-state index in [1.165, 1.54) is 32.1 Å². The van der Waals surface area contributed by atoms with E-state index in [0.717, 1.165) is 25.2 Å². The molecule has 126 valence electrons. The fourth-order valence-electron chi connectivity index (χ4n) is 7.25. The maximum atomic E-state index is 11.3. The monoisotopic (exact) mass is 308 g/mol. The second-order valence-electron chi connectivity index (χ2n) is 9.45. The molecule has 4 saturated carbocycles. The van der Waals surface area contributed by atoms with Crippen LogP contribution in [-0.2, 0) is 0 Å². The van der Waals surface area contributed by atoms with Gasteiger partial charge < -0.3 is 15.3 Å². The average Bonchev–Trinajstić information content (AvgIpc) is 2.84. The normalized spacial score (nSPS) is 61.2. The molecule has 0 aromatic heterocycles. The number of aliphatic hydroxyl groups is 3. The summed E-state index contributed by atoms with van der Waals surface area (Å²) in [6, 6.07) is 0. The third kappa shape index (κ3) is 1.79. The maximum Gasteiger partial charge on any atom is 0.0985 e. The van der Waals surface area contributed by atoms with Gasteiger partial charge in [-0.3, -0.25) is 0 Å². The van der Waals surface area contributed by atoms with Crippen molar-refractivity contribution in [2.24, 2.45) is 28.6 Å². The van der Waals surface area contributed by atoms with E-state index in [9.17, 15) is 15.3 Å². The molecular weight excluding hydrogens is 276 g/mol. The zero-order valence-electron chi connectivity index (χ0n) is 14.1. The number of rotatable bonds is 0. The quantitative estimate of drug-likeness (QED) is 0.645. The minimum absolute atomic E-state index is 0.224. The first-order valence-electron chi connectivity index (χ1n) is 9.39. The lowest BCUT2D eigenvalue weighted by molar-refractivity contribution is -0.263. The first-order chi connectivity index (χ1) is 10.3. The Bertz CT molecular complexity index is 466. The van der Waals surface area contributed by atoms with Crippen molar-refractivity contribution < 1.29 is 15.3 Å². The van der Waals surface area contributed by atoms with Gasteiger partial charge in [0.25, 0.3) is 0 Å². The molecule has 0 amide bonds. The first kappa shape index (κ1) is 15.4. The van der Waals surface area contributed by atoms with E-state index >= 15 is 0 Å². The summed E-state index contributed by atoms with van der Waals surface area (Å²) in [6.07, 6.45) is 8.06. The van der Waals surface area contributed by atoms with Crippen molar-refractivity contribution in [1.82, 2.24) is 0 Å². The highest BCUT2D eigenvalue weighted by molar-refractivity contribution is 5.16. The van der Waals surface area contributed by atoms with Crippen LogP contribution < -0.4 is 0 Å². The minimum atomic E-state index is -1.09. The highest BCUT2D eigenvalue weighted by Crippen LogP contribution is 2.67. The summed E-state index contributed by atoms with van der Waals surface area (Å²) in [7, 11) is 0. The topological polar surface area (TPSA) is 60.7 Å². The van der Waals surface area contributed by atoms with E-state index in [2.05, 4.69) is 13.8 Å². The van der Waals surface area contributed by atoms with E-state index < -0.39 is 17.8 Å². The number of aliphatic hydroxyl groups excluding tert-OH is 2. The Morgan fingerprint density at radius 2 is 1.68 bits per heavy atom. The van der Waals surface area contributed by atoms with Crippen LogP contribution in [0.4, 0.5) is 0 Å². The van der Waals surface area contributed by atoms with Crippen LogP contribution in [0.5, 0.6) is 0 Å². The molecule has 4 fully saturated rings. The lowest BCUT2D eigenvalue weighted by Gasteiger charge is -2.65. The van der Waals surface area contributed by atoms with Crippen molar-refractivity contribution in [3.63, 3.8) is 0 Å². The van der Waals surface area contributed by atoms with E-state index in [1.54, 1.807) is 0 Å². The zero-order valence-corrected chi connectivity index (χ0v) is 14.1. The molecular formula is C19H32O3. The summed E-state index contributed by atoms with van der Waals surface area (Å²) in [5.41, 5.74) is -0.836. The Morgan fingerprint density at radius 1 is 0.909 bits per heavy atom. The molecule has 0 spiro atoms. The van der Waals surface area contributed by atoms with Crippen molar-refractivity contribution in [2.75, 3.05) is 0 Å². The lowest BCUT2D eigenvalue weighted by Crippen LogP contribution is -2.68. The van der Waals surface area contributed by atoms with Crippen LogP contribution >= 0.6 is 0 Å². The van der Waals surface area contributed by atoms with E-state index in [-0.39, 0.29) is 5.41 Å². The van der Waals surface area contributed by atoms with E-state index in [4.69, 9.17) is 0 Å². The highest BCUT2D eigenvalue weighted by atomic mass is 16.3. The van der Waals surface area contributed by atoms with Crippen LogP contribution in [0.25, 0.3) is 0 Å². The third-order valence-electron chi connectivity index (χ3n) is 8.62. The van der Waals surface area contributed by atoms with Crippen LogP contribution in [-0.4, -0.2) is 33.1 Å².